The first-order valence-electron chi connectivity index (χ1n) is 16.4. The van der Waals surface area contributed by atoms with E-state index < -0.39 is 47.1 Å². The fourth-order valence-corrected chi connectivity index (χ4v) is 4.94. The number of carbonyl (C=O) groups excluding carboxylic acids is 4. The number of anilines is 1. The van der Waals surface area contributed by atoms with Gasteiger partial charge in [-0.05, 0) is 52.7 Å². The van der Waals surface area contributed by atoms with Gasteiger partial charge in [-0.3, -0.25) is 9.59 Å². The number of alkyl carbamates (subject to hydrolysis) is 1. The van der Waals surface area contributed by atoms with E-state index in [1.807, 2.05) is 91.0 Å². The van der Waals surface area contributed by atoms with Gasteiger partial charge in [-0.15, -0.1) is 0 Å². The lowest BCUT2D eigenvalue weighted by molar-refractivity contribution is -0.145. The van der Waals surface area contributed by atoms with E-state index in [-0.39, 0.29) is 25.6 Å². The van der Waals surface area contributed by atoms with Crippen molar-refractivity contribution in [2.75, 3.05) is 18.5 Å². The van der Waals surface area contributed by atoms with Gasteiger partial charge in [-0.1, -0.05) is 91.0 Å². The minimum atomic E-state index is -1.45. The highest BCUT2D eigenvalue weighted by Gasteiger charge is 2.35. The van der Waals surface area contributed by atoms with Gasteiger partial charge < -0.3 is 34.7 Å². The lowest BCUT2D eigenvalue weighted by Crippen LogP contribution is -2.59. The molecule has 1 unspecified atom stereocenters. The zero-order valence-electron chi connectivity index (χ0n) is 29.3. The summed E-state index contributed by atoms with van der Waals surface area (Å²) in [5.74, 6) is -1.23. The maximum Gasteiger partial charge on any atom is 0.408 e. The Morgan fingerprint density at radius 1 is 0.840 bits per heavy atom. The minimum Gasteiger partial charge on any atom is -0.464 e. The van der Waals surface area contributed by atoms with Gasteiger partial charge in [0.2, 0.25) is 5.91 Å². The molecular weight excluding hydrogens is 638 g/mol. The highest BCUT2D eigenvalue weighted by atomic mass is 16.6. The minimum absolute atomic E-state index is 0.132. The number of aromatic nitrogens is 2. The van der Waals surface area contributed by atoms with Crippen molar-refractivity contribution in [2.45, 2.75) is 71.4 Å². The Morgan fingerprint density at radius 2 is 1.44 bits per heavy atom. The molecular formula is C38H45N5O7. The zero-order chi connectivity index (χ0) is 36.3. The van der Waals surface area contributed by atoms with Gasteiger partial charge in [0, 0.05) is 11.8 Å². The van der Waals surface area contributed by atoms with E-state index >= 15 is 0 Å². The summed E-state index contributed by atoms with van der Waals surface area (Å²) in [7, 11) is 0. The second-order valence-electron chi connectivity index (χ2n) is 13.1. The molecule has 4 aromatic rings. The van der Waals surface area contributed by atoms with Gasteiger partial charge in [-0.25, -0.2) is 14.6 Å². The molecule has 4 rings (SSSR count). The molecule has 0 fully saturated rings. The molecule has 1 aromatic heterocycles. The molecule has 0 radical (unpaired) electrons. The number of hydrogen-bond acceptors (Lipinski definition) is 8. The standard InChI is InChI=1S/C38H45N5O7/c1-7-49-34(45)31(27-19-13-9-14-20-27)43-23-30(40-32(43)28-21-15-10-16-22-28)41-33(44)29(25-48-24-26-17-11-8-12-18-26)39-35(46)38(5,6)42-36(47)50-37(2,3)4/h8-23,29,31H,7,24-25H2,1-6H3,(H,39,46)(H,41,44)(H,42,47)/t29-,31?/m1/s1. The molecule has 3 amide bonds. The van der Waals surface area contributed by atoms with Crippen molar-refractivity contribution < 1.29 is 33.4 Å². The van der Waals surface area contributed by atoms with Gasteiger partial charge >= 0.3 is 12.1 Å². The van der Waals surface area contributed by atoms with Crippen LogP contribution in [0.1, 0.15) is 58.7 Å². The molecule has 0 aliphatic heterocycles. The van der Waals surface area contributed by atoms with Crippen molar-refractivity contribution in [3.05, 3.63) is 108 Å². The van der Waals surface area contributed by atoms with Gasteiger partial charge in [0.05, 0.1) is 19.8 Å². The number of esters is 1. The zero-order valence-corrected chi connectivity index (χ0v) is 29.3. The molecule has 0 saturated carbocycles. The van der Waals surface area contributed by atoms with E-state index in [9.17, 15) is 19.2 Å². The van der Waals surface area contributed by atoms with Crippen LogP contribution in [-0.4, -0.2) is 63.8 Å². The van der Waals surface area contributed by atoms with Gasteiger partial charge in [-0.2, -0.15) is 0 Å². The number of imidazole rings is 1. The quantitative estimate of drug-likeness (QED) is 0.145. The summed E-state index contributed by atoms with van der Waals surface area (Å²) in [6.45, 7) is 10.0. The van der Waals surface area contributed by atoms with E-state index in [1.54, 1.807) is 38.5 Å². The first kappa shape index (κ1) is 37.3. The largest absolute Gasteiger partial charge is 0.464 e. The maximum atomic E-state index is 13.9. The Hall–Kier alpha value is -5.49. The van der Waals surface area contributed by atoms with Crippen LogP contribution in [0.4, 0.5) is 10.6 Å². The summed E-state index contributed by atoms with van der Waals surface area (Å²) >= 11 is 0. The van der Waals surface area contributed by atoms with Crippen LogP contribution in [0.15, 0.2) is 97.2 Å². The lowest BCUT2D eigenvalue weighted by atomic mass is 10.0. The van der Waals surface area contributed by atoms with E-state index in [1.165, 1.54) is 13.8 Å². The van der Waals surface area contributed by atoms with Crippen LogP contribution in [0.2, 0.25) is 0 Å². The molecule has 2 atom stereocenters. The summed E-state index contributed by atoms with van der Waals surface area (Å²) in [6.07, 6.45) is 0.777. The third-order valence-corrected chi connectivity index (χ3v) is 7.32. The molecule has 0 spiro atoms. The van der Waals surface area contributed by atoms with Crippen molar-refractivity contribution in [1.29, 1.82) is 0 Å². The number of benzene rings is 3. The number of carbonyl (C=O) groups is 4. The molecule has 3 N–H and O–H groups in total. The number of amides is 3. The fourth-order valence-electron chi connectivity index (χ4n) is 4.94. The molecule has 1 heterocycles. The van der Waals surface area contributed by atoms with Gasteiger partial charge in [0.1, 0.15) is 23.0 Å². The van der Waals surface area contributed by atoms with Crippen molar-refractivity contribution in [3.8, 4) is 11.4 Å². The number of hydrogen-bond donors (Lipinski definition) is 3. The highest BCUT2D eigenvalue weighted by Crippen LogP contribution is 2.30. The SMILES string of the molecule is CCOC(=O)C(c1ccccc1)n1cc(NC(=O)[C@@H](COCc2ccccc2)NC(=O)C(C)(C)NC(=O)OC(C)(C)C)nc1-c1ccccc1. The predicted octanol–water partition coefficient (Wildman–Crippen LogP) is 5.65. The van der Waals surface area contributed by atoms with E-state index in [2.05, 4.69) is 16.0 Å². The van der Waals surface area contributed by atoms with E-state index in [0.29, 0.717) is 17.0 Å². The summed E-state index contributed by atoms with van der Waals surface area (Å²) in [6, 6.07) is 25.6. The summed E-state index contributed by atoms with van der Waals surface area (Å²) < 4.78 is 18.3. The fraction of sp³-hybridized carbons (Fsp3) is 0.342. The average Bonchev–Trinajstić information content (AvgIpc) is 3.47. The Balaban J connectivity index is 1.64. The maximum absolute atomic E-state index is 13.9. The lowest BCUT2D eigenvalue weighted by Gasteiger charge is -2.29. The molecule has 0 bridgehead atoms. The molecule has 12 heteroatoms. The van der Waals surface area contributed by atoms with Crippen molar-refractivity contribution in [2.24, 2.45) is 0 Å². The van der Waals surface area contributed by atoms with Crippen LogP contribution >= 0.6 is 0 Å². The normalized spacial score (nSPS) is 12.7. The first-order valence-corrected chi connectivity index (χ1v) is 16.4. The van der Waals surface area contributed by atoms with Crippen LogP contribution in [0.5, 0.6) is 0 Å². The van der Waals surface area contributed by atoms with E-state index in [4.69, 9.17) is 19.2 Å². The Bertz CT molecular complexity index is 1740. The van der Waals surface area contributed by atoms with Crippen LogP contribution in [-0.2, 0) is 35.2 Å². The number of nitrogens with zero attached hydrogens (tertiary/aromatic N) is 2. The summed E-state index contributed by atoms with van der Waals surface area (Å²) in [5.41, 5.74) is 0.00761. The smallest absolute Gasteiger partial charge is 0.408 e. The van der Waals surface area contributed by atoms with E-state index in [0.717, 1.165) is 5.56 Å². The molecule has 264 valence electrons. The predicted molar refractivity (Wildman–Crippen MR) is 189 cm³/mol. The van der Waals surface area contributed by atoms with Crippen LogP contribution in [0.25, 0.3) is 11.4 Å². The Kier molecular flexibility index (Phi) is 12.5. The summed E-state index contributed by atoms with van der Waals surface area (Å²) in [5, 5.41) is 8.07. The van der Waals surface area contributed by atoms with Gasteiger partial charge in [0.15, 0.2) is 11.9 Å². The second kappa shape index (κ2) is 16.8. The third kappa shape index (κ3) is 10.5. The summed E-state index contributed by atoms with van der Waals surface area (Å²) in [4.78, 5) is 58.0. The Labute approximate surface area is 292 Å². The monoisotopic (exact) mass is 683 g/mol. The van der Waals surface area contributed by atoms with Crippen molar-refractivity contribution >= 4 is 29.7 Å². The van der Waals surface area contributed by atoms with Crippen LogP contribution in [0, 0.1) is 0 Å². The van der Waals surface area contributed by atoms with Crippen LogP contribution in [0.3, 0.4) is 0 Å². The average molecular weight is 684 g/mol. The molecule has 0 aliphatic carbocycles. The molecule has 3 aromatic carbocycles. The van der Waals surface area contributed by atoms with Gasteiger partial charge in [0.25, 0.3) is 5.91 Å². The third-order valence-electron chi connectivity index (χ3n) is 7.32. The van der Waals surface area contributed by atoms with Crippen molar-refractivity contribution in [3.63, 3.8) is 0 Å². The Morgan fingerprint density at radius 3 is 2.04 bits per heavy atom. The van der Waals surface area contributed by atoms with Crippen molar-refractivity contribution in [1.82, 2.24) is 20.2 Å². The number of nitrogens with one attached hydrogen (secondary N) is 3. The molecule has 12 nitrogen and oxygen atoms in total. The molecule has 0 aliphatic rings. The number of ether oxygens (including phenoxy) is 3. The molecule has 50 heavy (non-hydrogen) atoms. The van der Waals surface area contributed by atoms with Crippen LogP contribution < -0.4 is 16.0 Å². The molecule has 0 saturated heterocycles. The number of rotatable bonds is 14. The topological polar surface area (TPSA) is 150 Å². The highest BCUT2D eigenvalue weighted by molar-refractivity contribution is 5.99. The second-order valence-corrected chi connectivity index (χ2v) is 13.1. The first-order chi connectivity index (χ1) is 23.8.